The number of benzene rings is 1. The number of halogens is 3. The fourth-order valence-corrected chi connectivity index (χ4v) is 1.45. The first-order valence-corrected chi connectivity index (χ1v) is 4.58. The lowest BCUT2D eigenvalue weighted by molar-refractivity contribution is 0.582. The molecule has 1 N–H and O–H groups in total. The van der Waals surface area contributed by atoms with Crippen molar-refractivity contribution in [2.24, 2.45) is 0 Å². The molecule has 1 nitrogen and oxygen atoms in total. The lowest BCUT2D eigenvalue weighted by atomic mass is 10.1. The fourth-order valence-electron chi connectivity index (χ4n) is 1.45. The molecule has 0 spiro atoms. The fraction of sp³-hybridized carbons (Fsp3) is 0. The Bertz CT molecular complexity index is 543. The van der Waals surface area contributed by atoms with E-state index in [0.29, 0.717) is 0 Å². The second-order valence-electron chi connectivity index (χ2n) is 3.30. The second kappa shape index (κ2) is 3.89. The van der Waals surface area contributed by atoms with Gasteiger partial charge in [0.1, 0.15) is 11.6 Å². The summed E-state index contributed by atoms with van der Waals surface area (Å²) in [6.07, 6.45) is 0. The molecule has 0 atom stereocenters. The topological polar surface area (TPSA) is 15.8 Å². The number of nitrogens with one attached hydrogen (secondary N) is 1. The highest BCUT2D eigenvalue weighted by molar-refractivity contribution is 5.67. The Kier molecular flexibility index (Phi) is 2.56. The van der Waals surface area contributed by atoms with Crippen molar-refractivity contribution in [3.63, 3.8) is 0 Å². The summed E-state index contributed by atoms with van der Waals surface area (Å²) in [4.78, 5) is 2.28. The summed E-state index contributed by atoms with van der Waals surface area (Å²) >= 11 is 0. The van der Waals surface area contributed by atoms with Crippen LogP contribution in [0, 0.1) is 11.8 Å². The Morgan fingerprint density at radius 2 is 1.88 bits per heavy atom. The van der Waals surface area contributed by atoms with Gasteiger partial charge in [-0.25, -0.2) is 8.78 Å². The van der Waals surface area contributed by atoms with Crippen LogP contribution in [0.4, 0.5) is 13.2 Å². The smallest absolute Gasteiger partial charge is 0.201 e. The molecule has 1 heterocycles. The lowest BCUT2D eigenvalue weighted by Gasteiger charge is -1.98. The molecule has 0 radical (unpaired) electrons. The highest BCUT2D eigenvalue weighted by atomic mass is 19.1. The number of aromatic nitrogens is 1. The zero-order valence-electron chi connectivity index (χ0n) is 8.23. The van der Waals surface area contributed by atoms with Crippen LogP contribution in [0.3, 0.4) is 0 Å². The molecular weight excluding hydrogens is 215 g/mol. The SMILES string of the molecule is C=C(F)c1cc(-c2ccccc2F)[nH]c1F. The number of H-pyrrole nitrogens is 1. The minimum absolute atomic E-state index is 0.185. The zero-order chi connectivity index (χ0) is 11.7. The van der Waals surface area contributed by atoms with Gasteiger partial charge in [-0.2, -0.15) is 4.39 Å². The van der Waals surface area contributed by atoms with Gasteiger partial charge in [-0.3, -0.25) is 0 Å². The molecule has 0 saturated heterocycles. The summed E-state index contributed by atoms with van der Waals surface area (Å²) in [6, 6.07) is 7.05. The normalized spacial score (nSPS) is 10.4. The Morgan fingerprint density at radius 1 is 1.19 bits per heavy atom. The molecule has 0 unspecified atom stereocenters. The monoisotopic (exact) mass is 223 g/mol. The Balaban J connectivity index is 2.54. The molecule has 4 heteroatoms. The predicted octanol–water partition coefficient (Wildman–Crippen LogP) is 3.90. The van der Waals surface area contributed by atoms with Crippen molar-refractivity contribution in [2.75, 3.05) is 0 Å². The maximum atomic E-state index is 13.4. The predicted molar refractivity (Wildman–Crippen MR) is 56.3 cm³/mol. The third-order valence-electron chi connectivity index (χ3n) is 2.23. The van der Waals surface area contributed by atoms with Crippen LogP contribution in [-0.4, -0.2) is 4.98 Å². The molecule has 0 bridgehead atoms. The van der Waals surface area contributed by atoms with E-state index in [1.54, 1.807) is 6.07 Å². The number of hydrogen-bond acceptors (Lipinski definition) is 0. The van der Waals surface area contributed by atoms with Crippen LogP contribution < -0.4 is 0 Å². The van der Waals surface area contributed by atoms with Crippen molar-refractivity contribution in [3.8, 4) is 11.3 Å². The first-order valence-electron chi connectivity index (χ1n) is 4.58. The molecule has 0 fully saturated rings. The average molecular weight is 223 g/mol. The summed E-state index contributed by atoms with van der Waals surface area (Å²) in [5.74, 6) is -2.25. The van der Waals surface area contributed by atoms with Crippen LogP contribution in [0.5, 0.6) is 0 Å². The van der Waals surface area contributed by atoms with Gasteiger partial charge in [0.15, 0.2) is 0 Å². The highest BCUT2D eigenvalue weighted by Crippen LogP contribution is 2.27. The van der Waals surface area contributed by atoms with E-state index in [-0.39, 0.29) is 16.8 Å². The van der Waals surface area contributed by atoms with Gasteiger partial charge in [-0.15, -0.1) is 0 Å². The van der Waals surface area contributed by atoms with Crippen LogP contribution in [-0.2, 0) is 0 Å². The number of rotatable bonds is 2. The molecule has 16 heavy (non-hydrogen) atoms. The molecule has 82 valence electrons. The lowest BCUT2D eigenvalue weighted by Crippen LogP contribution is -1.83. The maximum Gasteiger partial charge on any atom is 0.201 e. The molecular formula is C12H8F3N. The first kappa shape index (κ1) is 10.5. The van der Waals surface area contributed by atoms with E-state index in [1.807, 2.05) is 0 Å². The third-order valence-corrected chi connectivity index (χ3v) is 2.23. The van der Waals surface area contributed by atoms with Gasteiger partial charge in [-0.05, 0) is 18.2 Å². The molecule has 0 saturated carbocycles. The molecule has 0 aliphatic heterocycles. The van der Waals surface area contributed by atoms with Crippen LogP contribution in [0.25, 0.3) is 17.1 Å². The molecule has 2 aromatic rings. The van der Waals surface area contributed by atoms with Crippen LogP contribution >= 0.6 is 0 Å². The summed E-state index contributed by atoms with van der Waals surface area (Å²) < 4.78 is 39.3. The van der Waals surface area contributed by atoms with Crippen LogP contribution in [0.15, 0.2) is 36.9 Å². The van der Waals surface area contributed by atoms with Gasteiger partial charge < -0.3 is 4.98 Å². The van der Waals surface area contributed by atoms with Crippen LogP contribution in [0.1, 0.15) is 5.56 Å². The largest absolute Gasteiger partial charge is 0.331 e. The van der Waals surface area contributed by atoms with Gasteiger partial charge in [-0.1, -0.05) is 18.7 Å². The van der Waals surface area contributed by atoms with Crippen molar-refractivity contribution in [1.29, 1.82) is 0 Å². The van der Waals surface area contributed by atoms with Crippen molar-refractivity contribution in [2.45, 2.75) is 0 Å². The van der Waals surface area contributed by atoms with E-state index in [9.17, 15) is 13.2 Å². The maximum absolute atomic E-state index is 13.4. The van der Waals surface area contributed by atoms with Crippen molar-refractivity contribution in [3.05, 3.63) is 54.2 Å². The molecule has 0 aliphatic carbocycles. The van der Waals surface area contributed by atoms with Crippen molar-refractivity contribution < 1.29 is 13.2 Å². The second-order valence-corrected chi connectivity index (χ2v) is 3.30. The highest BCUT2D eigenvalue weighted by Gasteiger charge is 2.13. The van der Waals surface area contributed by atoms with Crippen molar-refractivity contribution in [1.82, 2.24) is 4.98 Å². The quantitative estimate of drug-likeness (QED) is 0.794. The van der Waals surface area contributed by atoms with E-state index < -0.39 is 17.6 Å². The molecule has 2 rings (SSSR count). The first-order chi connectivity index (χ1) is 7.59. The Labute approximate surface area is 90.2 Å². The molecule has 1 aromatic heterocycles. The summed E-state index contributed by atoms with van der Waals surface area (Å²) in [5.41, 5.74) is 0.0940. The van der Waals surface area contributed by atoms with E-state index in [2.05, 4.69) is 11.6 Å². The summed E-state index contributed by atoms with van der Waals surface area (Å²) in [6.45, 7) is 3.00. The molecule has 0 aliphatic rings. The van der Waals surface area contributed by atoms with Gasteiger partial charge in [0.2, 0.25) is 5.95 Å². The van der Waals surface area contributed by atoms with E-state index >= 15 is 0 Å². The standard InChI is InChI=1S/C12H8F3N/c1-7(13)9-6-11(16-12(9)15)8-4-2-3-5-10(8)14/h2-6,16H,1H2. The average Bonchev–Trinajstić information content (AvgIpc) is 2.61. The Hall–Kier alpha value is -1.97. The number of hydrogen-bond donors (Lipinski definition) is 1. The van der Waals surface area contributed by atoms with E-state index in [0.717, 1.165) is 0 Å². The van der Waals surface area contributed by atoms with Gasteiger partial charge in [0, 0.05) is 5.56 Å². The number of aromatic amines is 1. The Morgan fingerprint density at radius 3 is 2.44 bits per heavy atom. The van der Waals surface area contributed by atoms with E-state index in [4.69, 9.17) is 0 Å². The van der Waals surface area contributed by atoms with E-state index in [1.165, 1.54) is 24.3 Å². The minimum atomic E-state index is -0.892. The van der Waals surface area contributed by atoms with Crippen molar-refractivity contribution >= 4 is 5.83 Å². The van der Waals surface area contributed by atoms with Gasteiger partial charge in [0.25, 0.3) is 0 Å². The third kappa shape index (κ3) is 1.74. The summed E-state index contributed by atoms with van der Waals surface area (Å²) in [7, 11) is 0. The molecule has 1 aromatic carbocycles. The molecule has 0 amide bonds. The van der Waals surface area contributed by atoms with Gasteiger partial charge in [0.05, 0.1) is 11.3 Å². The van der Waals surface area contributed by atoms with Gasteiger partial charge >= 0.3 is 0 Å². The summed E-state index contributed by atoms with van der Waals surface area (Å²) in [5, 5.41) is 0. The zero-order valence-corrected chi connectivity index (χ0v) is 8.23. The van der Waals surface area contributed by atoms with Crippen LogP contribution in [0.2, 0.25) is 0 Å². The minimum Gasteiger partial charge on any atom is -0.331 e.